The molecule has 0 aliphatic carbocycles. The molecule has 0 amide bonds. The Balaban J connectivity index is 1.42. The van der Waals surface area contributed by atoms with Crippen molar-refractivity contribution in [3.63, 3.8) is 0 Å². The number of ether oxygens (including phenoxy) is 1. The molecule has 7 aromatic rings. The van der Waals surface area contributed by atoms with Crippen LogP contribution in [0.4, 0.5) is 17.6 Å². The Labute approximate surface area is 267 Å². The molecule has 0 radical (unpaired) electrons. The van der Waals surface area contributed by atoms with Crippen molar-refractivity contribution in [3.8, 4) is 51.3 Å². The fraction of sp³-hybridized carbons (Fsp3) is 0.0857. The van der Waals surface area contributed by atoms with E-state index in [1.165, 1.54) is 6.07 Å². The summed E-state index contributed by atoms with van der Waals surface area (Å²) in [4.78, 5) is 35.7. The normalized spacial score (nSPS) is 12.4. The number of aromatic nitrogens is 8. The van der Waals surface area contributed by atoms with Crippen LogP contribution >= 0.6 is 0 Å². The molecule has 0 fully saturated rings. The molecule has 4 aromatic carbocycles. The van der Waals surface area contributed by atoms with Crippen molar-refractivity contribution >= 4 is 44.1 Å². The summed E-state index contributed by atoms with van der Waals surface area (Å²) >= 11 is 0. The lowest BCUT2D eigenvalue weighted by Gasteiger charge is -2.16. The number of alkyl halides is 4. The van der Waals surface area contributed by atoms with Gasteiger partial charge in [0.25, 0.3) is 0 Å². The summed E-state index contributed by atoms with van der Waals surface area (Å²) in [5.41, 5.74) is 4.44. The van der Waals surface area contributed by atoms with Crippen LogP contribution in [0.1, 0.15) is 0 Å². The zero-order valence-corrected chi connectivity index (χ0v) is 24.5. The smallest absolute Gasteiger partial charge is 0.340 e. The number of hydrogen-bond donors (Lipinski definition) is 2. The van der Waals surface area contributed by atoms with Crippen molar-refractivity contribution in [3.05, 3.63) is 91.0 Å². The zero-order valence-electron chi connectivity index (χ0n) is 24.5. The molecule has 0 saturated heterocycles. The summed E-state index contributed by atoms with van der Waals surface area (Å²) in [5.74, 6) is -2.99. The predicted octanol–water partition coefficient (Wildman–Crippen LogP) is 8.15. The van der Waals surface area contributed by atoms with E-state index in [-0.39, 0.29) is 16.8 Å². The molecule has 48 heavy (non-hydrogen) atoms. The quantitative estimate of drug-likeness (QED) is 0.186. The highest BCUT2D eigenvalue weighted by Crippen LogP contribution is 2.38. The second-order valence-electron chi connectivity index (χ2n) is 11.3. The fourth-order valence-electron chi connectivity index (χ4n) is 6.02. The van der Waals surface area contributed by atoms with Gasteiger partial charge in [-0.15, -0.1) is 0 Å². The second-order valence-corrected chi connectivity index (χ2v) is 11.3. The highest BCUT2D eigenvalue weighted by molar-refractivity contribution is 6.08. The summed E-state index contributed by atoms with van der Waals surface area (Å²) < 4.78 is 59.4. The van der Waals surface area contributed by atoms with E-state index < -0.39 is 19.0 Å². The largest absolute Gasteiger partial charge is 0.486 e. The number of rotatable bonds is 4. The molecule has 2 N–H and O–H groups in total. The van der Waals surface area contributed by atoms with E-state index in [1.807, 2.05) is 72.8 Å². The molecular formula is C35H20F4N8O. The van der Waals surface area contributed by atoms with Gasteiger partial charge in [0, 0.05) is 38.4 Å². The highest BCUT2D eigenvalue weighted by Gasteiger charge is 2.42. The third-order valence-electron chi connectivity index (χ3n) is 8.28. The Morgan fingerprint density at radius 2 is 0.938 bits per heavy atom. The number of benzene rings is 4. The molecule has 9 rings (SSSR count). The van der Waals surface area contributed by atoms with E-state index in [0.717, 1.165) is 27.5 Å². The number of aromatic amines is 2. The molecular weight excluding hydrogens is 624 g/mol. The highest BCUT2D eigenvalue weighted by atomic mass is 19.3. The molecule has 3 aromatic heterocycles. The van der Waals surface area contributed by atoms with Crippen molar-refractivity contribution in [1.29, 1.82) is 0 Å². The van der Waals surface area contributed by atoms with Crippen molar-refractivity contribution < 1.29 is 22.3 Å². The number of hydrogen-bond acceptors (Lipinski definition) is 7. The Morgan fingerprint density at radius 3 is 1.44 bits per heavy atom. The van der Waals surface area contributed by atoms with Gasteiger partial charge in [0.15, 0.2) is 29.9 Å². The number of fused-ring (bicyclic) bond motifs is 20. The molecule has 234 valence electrons. The van der Waals surface area contributed by atoms with E-state index in [1.54, 1.807) is 12.1 Å². The van der Waals surface area contributed by atoms with Gasteiger partial charge in [-0.3, -0.25) is 0 Å². The van der Waals surface area contributed by atoms with Crippen LogP contribution in [0.3, 0.4) is 0 Å². The van der Waals surface area contributed by atoms with Gasteiger partial charge in [-0.1, -0.05) is 84.9 Å². The maximum atomic E-state index is 14.0. The third-order valence-corrected chi connectivity index (χ3v) is 8.28. The monoisotopic (exact) mass is 644 g/mol. The molecule has 8 bridgehead atoms. The SMILES string of the molecule is FC(F)C(F)(F)COc1cccc2c3nc4nc(nc5[nH]c(nc6nc(nc([nH]3)c12)-c1ccccc1-6)c1ccccc51)-c1ccccc1-4. The topological polar surface area (TPSA) is 118 Å². The van der Waals surface area contributed by atoms with E-state index in [4.69, 9.17) is 34.6 Å². The molecule has 0 atom stereocenters. The number of H-pyrrole nitrogens is 2. The summed E-state index contributed by atoms with van der Waals surface area (Å²) in [6.45, 7) is -1.53. The fourth-order valence-corrected chi connectivity index (χ4v) is 6.02. The number of nitrogens with zero attached hydrogens (tertiary/aromatic N) is 6. The lowest BCUT2D eigenvalue weighted by Crippen LogP contribution is -2.33. The van der Waals surface area contributed by atoms with Crippen molar-refractivity contribution in [2.24, 2.45) is 0 Å². The van der Waals surface area contributed by atoms with Gasteiger partial charge in [-0.2, -0.15) is 8.78 Å². The maximum Gasteiger partial charge on any atom is 0.340 e. The lowest BCUT2D eigenvalue weighted by molar-refractivity contribution is -0.148. The summed E-state index contributed by atoms with van der Waals surface area (Å²) in [7, 11) is 0. The van der Waals surface area contributed by atoms with Crippen molar-refractivity contribution in [1.82, 2.24) is 39.9 Å². The minimum absolute atomic E-state index is 0.0796. The van der Waals surface area contributed by atoms with Crippen LogP contribution < -0.4 is 4.74 Å². The zero-order chi connectivity index (χ0) is 32.6. The second kappa shape index (κ2) is 10.4. The van der Waals surface area contributed by atoms with Crippen LogP contribution in [0.2, 0.25) is 0 Å². The molecule has 5 heterocycles. The first kappa shape index (κ1) is 28.0. The molecule has 2 aliphatic rings. The van der Waals surface area contributed by atoms with E-state index >= 15 is 0 Å². The molecule has 0 saturated carbocycles. The average Bonchev–Trinajstić information content (AvgIpc) is 3.83. The lowest BCUT2D eigenvalue weighted by atomic mass is 10.1. The Morgan fingerprint density at radius 1 is 0.521 bits per heavy atom. The van der Waals surface area contributed by atoms with Gasteiger partial charge in [0.05, 0.1) is 5.39 Å². The summed E-state index contributed by atoms with van der Waals surface area (Å²) in [6, 6.07) is 27.4. The minimum Gasteiger partial charge on any atom is -0.486 e. The third kappa shape index (κ3) is 4.38. The summed E-state index contributed by atoms with van der Waals surface area (Å²) in [5, 5.41) is 2.38. The first-order chi connectivity index (χ1) is 23.3. The Kier molecular flexibility index (Phi) is 6.06. The Hall–Kier alpha value is -6.24. The van der Waals surface area contributed by atoms with E-state index in [2.05, 4.69) is 9.97 Å². The molecule has 13 heteroatoms. The minimum atomic E-state index is -4.37. The Bertz CT molecular complexity index is 2610. The van der Waals surface area contributed by atoms with E-state index in [0.29, 0.717) is 51.2 Å². The van der Waals surface area contributed by atoms with Gasteiger partial charge in [0.2, 0.25) is 0 Å². The predicted molar refractivity (Wildman–Crippen MR) is 172 cm³/mol. The first-order valence-corrected chi connectivity index (χ1v) is 14.9. The van der Waals surface area contributed by atoms with Crippen LogP contribution in [0.25, 0.3) is 89.7 Å². The average molecular weight is 645 g/mol. The molecule has 0 unspecified atom stereocenters. The molecule has 0 spiro atoms. The van der Waals surface area contributed by atoms with Gasteiger partial charge in [-0.05, 0) is 6.07 Å². The van der Waals surface area contributed by atoms with Crippen LogP contribution in [0, 0.1) is 0 Å². The number of halogens is 4. The first-order valence-electron chi connectivity index (χ1n) is 14.9. The van der Waals surface area contributed by atoms with Crippen LogP contribution in [0.15, 0.2) is 91.0 Å². The van der Waals surface area contributed by atoms with Crippen LogP contribution in [-0.4, -0.2) is 58.8 Å². The van der Waals surface area contributed by atoms with Crippen LogP contribution in [0.5, 0.6) is 5.75 Å². The van der Waals surface area contributed by atoms with Crippen molar-refractivity contribution in [2.75, 3.05) is 6.61 Å². The molecule has 2 aliphatic heterocycles. The molecule has 9 nitrogen and oxygen atoms in total. The summed E-state index contributed by atoms with van der Waals surface area (Å²) in [6.07, 6.45) is -3.90. The van der Waals surface area contributed by atoms with Crippen LogP contribution in [-0.2, 0) is 0 Å². The van der Waals surface area contributed by atoms with Gasteiger partial charge < -0.3 is 14.7 Å². The number of nitrogens with one attached hydrogen (secondary N) is 2. The van der Waals surface area contributed by atoms with E-state index in [9.17, 15) is 17.6 Å². The van der Waals surface area contributed by atoms with Gasteiger partial charge >= 0.3 is 12.3 Å². The van der Waals surface area contributed by atoms with Crippen molar-refractivity contribution in [2.45, 2.75) is 12.3 Å². The van der Waals surface area contributed by atoms with Gasteiger partial charge in [-0.25, -0.2) is 38.7 Å². The standard InChI is InChI=1S/C35H20F4N8O/c36-34(37)35(38,39)16-48-24-15-7-14-23-25(24)33-46-31-22-13-6-5-12-21(22)29(44-31)42-27-18-9-2-1-8-17(18)26(40-27)41-28-19-10-3-4-11-20(19)30(43-28)45-32(23)47-33/h1-15,34H,16H2,(H2,40,41,42,43,44,45,46,47). The maximum absolute atomic E-state index is 14.0. The van der Waals surface area contributed by atoms with Gasteiger partial charge in [0.1, 0.15) is 28.3 Å².